The van der Waals surface area contributed by atoms with Crippen LogP contribution in [0.25, 0.3) is 11.1 Å². The van der Waals surface area contributed by atoms with E-state index in [0.717, 1.165) is 23.3 Å². The molecule has 1 aromatic heterocycles. The number of hydrogen-bond acceptors (Lipinski definition) is 5. The summed E-state index contributed by atoms with van der Waals surface area (Å²) in [6.45, 7) is 0.631. The number of halogens is 2. The van der Waals surface area contributed by atoms with E-state index in [2.05, 4.69) is 15.6 Å². The number of pyridine rings is 1. The van der Waals surface area contributed by atoms with Crippen LogP contribution < -0.4 is 15.4 Å². The average molecular weight is 414 g/mol. The van der Waals surface area contributed by atoms with Gasteiger partial charge in [-0.05, 0) is 41.5 Å². The van der Waals surface area contributed by atoms with Crippen molar-refractivity contribution >= 4 is 34.6 Å². The first-order valence-corrected chi connectivity index (χ1v) is 9.28. The van der Waals surface area contributed by atoms with Crippen molar-refractivity contribution in [3.63, 3.8) is 0 Å². The number of ether oxygens (including phenoxy) is 1. The summed E-state index contributed by atoms with van der Waals surface area (Å²) in [6, 6.07) is 10.7. The lowest BCUT2D eigenvalue weighted by Gasteiger charge is -2.18. The molecule has 8 heteroatoms. The molecule has 0 radical (unpaired) electrons. The molecule has 2 aromatic carbocycles. The Balaban J connectivity index is 1.86. The van der Waals surface area contributed by atoms with E-state index >= 15 is 0 Å². The van der Waals surface area contributed by atoms with Crippen LogP contribution in [0, 0.1) is 5.95 Å². The number of aromatic nitrogens is 1. The van der Waals surface area contributed by atoms with Gasteiger partial charge in [-0.15, -0.1) is 0 Å². The summed E-state index contributed by atoms with van der Waals surface area (Å²) < 4.78 is 19.6. The Morgan fingerprint density at radius 1 is 1.21 bits per heavy atom. The highest BCUT2D eigenvalue weighted by molar-refractivity contribution is 6.36. The Bertz CT molecular complexity index is 1120. The molecule has 0 aliphatic carbocycles. The van der Waals surface area contributed by atoms with Gasteiger partial charge in [-0.25, -0.2) is 9.78 Å². The monoisotopic (exact) mass is 413 g/mol. The van der Waals surface area contributed by atoms with Gasteiger partial charge in [0.2, 0.25) is 5.95 Å². The number of hydrogen-bond donors (Lipinski definition) is 3. The zero-order valence-electron chi connectivity index (χ0n) is 15.4. The number of carboxylic acid groups (broad SMARTS) is 1. The molecule has 2 heterocycles. The van der Waals surface area contributed by atoms with Crippen molar-refractivity contribution in [2.24, 2.45) is 0 Å². The number of nitrogens with one attached hydrogen (secondary N) is 2. The number of carboxylic acids is 1. The minimum absolute atomic E-state index is 0.0871. The Morgan fingerprint density at radius 3 is 2.76 bits per heavy atom. The lowest BCUT2D eigenvalue weighted by molar-refractivity contribution is 0.0692. The fourth-order valence-electron chi connectivity index (χ4n) is 3.39. The van der Waals surface area contributed by atoms with Crippen LogP contribution in [0.2, 0.25) is 5.02 Å². The fourth-order valence-corrected chi connectivity index (χ4v) is 3.75. The van der Waals surface area contributed by atoms with Crippen molar-refractivity contribution in [2.45, 2.75) is 6.42 Å². The summed E-state index contributed by atoms with van der Waals surface area (Å²) in [7, 11) is 1.76. The smallest absolute Gasteiger partial charge is 0.342 e. The standard InChI is InChI=1S/C21H17ClFN3O3/c1-24-15-4-3-13(26-14-6-8-25-20(23)18(14)21(27)28)17(19(15)22)12-2-5-16-11(10-12)7-9-29-16/h2-6,8,10,24H,7,9H2,1H3,(H,25,26)(H,27,28). The summed E-state index contributed by atoms with van der Waals surface area (Å²) in [5, 5.41) is 15.9. The predicted octanol–water partition coefficient (Wildman–Crippen LogP) is 4.96. The molecular formula is C21H17ClFN3O3. The van der Waals surface area contributed by atoms with Crippen molar-refractivity contribution in [1.29, 1.82) is 0 Å². The van der Waals surface area contributed by atoms with Crippen molar-refractivity contribution in [1.82, 2.24) is 4.98 Å². The summed E-state index contributed by atoms with van der Waals surface area (Å²) in [4.78, 5) is 14.9. The number of nitrogens with zero attached hydrogens (tertiary/aromatic N) is 1. The zero-order valence-corrected chi connectivity index (χ0v) is 16.2. The highest BCUT2D eigenvalue weighted by Gasteiger charge is 2.21. The molecule has 1 aliphatic heterocycles. The first-order chi connectivity index (χ1) is 14.0. The third kappa shape index (κ3) is 3.45. The van der Waals surface area contributed by atoms with Gasteiger partial charge < -0.3 is 20.5 Å². The van der Waals surface area contributed by atoms with E-state index in [4.69, 9.17) is 16.3 Å². The number of rotatable bonds is 5. The Kier molecular flexibility index (Phi) is 4.98. The van der Waals surface area contributed by atoms with Gasteiger partial charge in [-0.1, -0.05) is 17.7 Å². The normalized spacial score (nSPS) is 12.2. The lowest BCUT2D eigenvalue weighted by atomic mass is 9.99. The summed E-state index contributed by atoms with van der Waals surface area (Å²) in [6.07, 6.45) is 2.01. The lowest BCUT2D eigenvalue weighted by Crippen LogP contribution is -2.08. The third-order valence-electron chi connectivity index (χ3n) is 4.78. The van der Waals surface area contributed by atoms with Crippen LogP contribution in [-0.2, 0) is 6.42 Å². The largest absolute Gasteiger partial charge is 0.493 e. The van der Waals surface area contributed by atoms with Crippen LogP contribution in [0.3, 0.4) is 0 Å². The molecule has 148 valence electrons. The molecule has 1 aliphatic rings. The van der Waals surface area contributed by atoms with Crippen LogP contribution in [0.5, 0.6) is 5.75 Å². The molecule has 0 saturated heterocycles. The first-order valence-electron chi connectivity index (χ1n) is 8.90. The number of aromatic carboxylic acids is 1. The molecule has 29 heavy (non-hydrogen) atoms. The number of carbonyl (C=O) groups is 1. The van der Waals surface area contributed by atoms with Gasteiger partial charge >= 0.3 is 5.97 Å². The van der Waals surface area contributed by atoms with Gasteiger partial charge in [-0.2, -0.15) is 4.39 Å². The number of anilines is 3. The average Bonchev–Trinajstić information content (AvgIpc) is 3.16. The van der Waals surface area contributed by atoms with E-state index in [9.17, 15) is 14.3 Å². The maximum atomic E-state index is 14.0. The van der Waals surface area contributed by atoms with Gasteiger partial charge in [0.05, 0.1) is 23.0 Å². The molecule has 4 rings (SSSR count). The molecule has 0 bridgehead atoms. The molecule has 6 nitrogen and oxygen atoms in total. The van der Waals surface area contributed by atoms with Gasteiger partial charge in [-0.3, -0.25) is 0 Å². The Labute approximate surface area is 171 Å². The van der Waals surface area contributed by atoms with Gasteiger partial charge in [0.1, 0.15) is 11.3 Å². The van der Waals surface area contributed by atoms with Gasteiger partial charge in [0, 0.05) is 30.9 Å². The molecule has 0 amide bonds. The van der Waals surface area contributed by atoms with Crippen molar-refractivity contribution in [2.75, 3.05) is 24.3 Å². The topological polar surface area (TPSA) is 83.5 Å². The maximum Gasteiger partial charge on any atom is 0.342 e. The summed E-state index contributed by atoms with van der Waals surface area (Å²) >= 11 is 6.66. The summed E-state index contributed by atoms with van der Waals surface area (Å²) in [5.74, 6) is -1.63. The molecule has 0 fully saturated rings. The second-order valence-corrected chi connectivity index (χ2v) is 6.85. The molecule has 3 N–H and O–H groups in total. The van der Waals surface area contributed by atoms with E-state index in [1.807, 2.05) is 18.2 Å². The quantitative estimate of drug-likeness (QED) is 0.513. The molecule has 0 atom stereocenters. The molecule has 0 unspecified atom stereocenters. The van der Waals surface area contributed by atoms with Crippen LogP contribution in [0.15, 0.2) is 42.6 Å². The second-order valence-electron chi connectivity index (χ2n) is 6.48. The minimum atomic E-state index is -1.41. The predicted molar refractivity (Wildman–Crippen MR) is 110 cm³/mol. The fraction of sp³-hybridized carbons (Fsp3) is 0.143. The first kappa shape index (κ1) is 19.0. The van der Waals surface area contributed by atoms with Crippen molar-refractivity contribution in [3.8, 4) is 16.9 Å². The maximum absolute atomic E-state index is 14.0. The number of fused-ring (bicyclic) bond motifs is 1. The Hall–Kier alpha value is -3.32. The minimum Gasteiger partial charge on any atom is -0.493 e. The Morgan fingerprint density at radius 2 is 2.00 bits per heavy atom. The van der Waals surface area contributed by atoms with Crippen LogP contribution in [-0.4, -0.2) is 29.7 Å². The summed E-state index contributed by atoms with van der Waals surface area (Å²) in [5.41, 5.74) is 3.38. The van der Waals surface area contributed by atoms with Crippen LogP contribution in [0.4, 0.5) is 21.5 Å². The molecule has 0 saturated carbocycles. The van der Waals surface area contributed by atoms with E-state index in [-0.39, 0.29) is 5.69 Å². The highest BCUT2D eigenvalue weighted by atomic mass is 35.5. The SMILES string of the molecule is CNc1ccc(Nc2ccnc(F)c2C(=O)O)c(-c2ccc3c(c2)CCO3)c1Cl. The zero-order chi connectivity index (χ0) is 20.5. The highest BCUT2D eigenvalue weighted by Crippen LogP contribution is 2.43. The molecule has 0 spiro atoms. The molecular weight excluding hydrogens is 397 g/mol. The van der Waals surface area contributed by atoms with E-state index in [1.54, 1.807) is 19.2 Å². The van der Waals surface area contributed by atoms with E-state index in [0.29, 0.717) is 28.6 Å². The van der Waals surface area contributed by atoms with Crippen LogP contribution in [0.1, 0.15) is 15.9 Å². The van der Waals surface area contributed by atoms with Crippen LogP contribution >= 0.6 is 11.6 Å². The van der Waals surface area contributed by atoms with Crippen molar-refractivity contribution < 1.29 is 19.0 Å². The van der Waals surface area contributed by atoms with E-state index < -0.39 is 17.5 Å². The van der Waals surface area contributed by atoms with Gasteiger partial charge in [0.15, 0.2) is 0 Å². The molecule has 3 aromatic rings. The van der Waals surface area contributed by atoms with Gasteiger partial charge in [0.25, 0.3) is 0 Å². The van der Waals surface area contributed by atoms with E-state index in [1.165, 1.54) is 12.3 Å². The second kappa shape index (κ2) is 7.60. The number of benzene rings is 2. The van der Waals surface area contributed by atoms with Crippen molar-refractivity contribution in [3.05, 3.63) is 64.7 Å². The third-order valence-corrected chi connectivity index (χ3v) is 5.17.